The second kappa shape index (κ2) is 12.1. The number of nitrogens with one attached hydrogen (secondary N) is 1. The molecule has 0 fully saturated rings. The second-order valence-corrected chi connectivity index (χ2v) is 10.3. The molecule has 37 heavy (non-hydrogen) atoms. The third-order valence-corrected chi connectivity index (χ3v) is 6.85. The van der Waals surface area contributed by atoms with Crippen molar-refractivity contribution in [3.05, 3.63) is 101 Å². The quantitative estimate of drug-likeness (QED) is 0.394. The molecule has 1 N–H and O–H groups in total. The van der Waals surface area contributed by atoms with E-state index >= 15 is 0 Å². The summed E-state index contributed by atoms with van der Waals surface area (Å²) in [4.78, 5) is 28.2. The minimum absolute atomic E-state index is 0.130. The summed E-state index contributed by atoms with van der Waals surface area (Å²) in [5.74, 6) is 0.983. The molecule has 1 heterocycles. The summed E-state index contributed by atoms with van der Waals surface area (Å²) in [6.45, 7) is 9.31. The average Bonchev–Trinajstić information content (AvgIpc) is 2.89. The summed E-state index contributed by atoms with van der Waals surface area (Å²) >= 11 is 0. The van der Waals surface area contributed by atoms with Crippen molar-refractivity contribution >= 4 is 11.8 Å². The molecule has 2 atom stereocenters. The molecular weight excluding hydrogens is 460 g/mol. The highest BCUT2D eigenvalue weighted by Gasteiger charge is 2.32. The topological polar surface area (TPSA) is 58.6 Å². The fourth-order valence-electron chi connectivity index (χ4n) is 5.01. The maximum Gasteiger partial charge on any atom is 0.261 e. The van der Waals surface area contributed by atoms with Crippen LogP contribution in [0.25, 0.3) is 0 Å². The van der Waals surface area contributed by atoms with Crippen molar-refractivity contribution in [2.75, 3.05) is 6.54 Å². The van der Waals surface area contributed by atoms with Crippen molar-refractivity contribution in [2.45, 2.75) is 65.6 Å². The van der Waals surface area contributed by atoms with Crippen LogP contribution in [0.4, 0.5) is 0 Å². The van der Waals surface area contributed by atoms with Crippen LogP contribution in [0.2, 0.25) is 0 Å². The molecule has 0 aromatic heterocycles. The van der Waals surface area contributed by atoms with Gasteiger partial charge in [-0.25, -0.2) is 0 Å². The first-order valence-corrected chi connectivity index (χ1v) is 13.3. The Hall–Kier alpha value is -3.60. The molecule has 0 radical (unpaired) electrons. The van der Waals surface area contributed by atoms with Crippen molar-refractivity contribution in [1.82, 2.24) is 10.2 Å². The van der Waals surface area contributed by atoms with Crippen LogP contribution in [-0.2, 0) is 22.6 Å². The number of ether oxygens (including phenoxy) is 1. The number of carbonyl (C=O) groups is 2. The second-order valence-electron chi connectivity index (χ2n) is 10.3. The van der Waals surface area contributed by atoms with Gasteiger partial charge in [0.25, 0.3) is 5.91 Å². The Morgan fingerprint density at radius 3 is 2.51 bits per heavy atom. The van der Waals surface area contributed by atoms with Crippen LogP contribution in [0.5, 0.6) is 5.75 Å². The molecular formula is C32H38N2O3. The fraction of sp³-hybridized carbons (Fsp3) is 0.375. The van der Waals surface area contributed by atoms with Crippen LogP contribution >= 0.6 is 0 Å². The summed E-state index contributed by atoms with van der Waals surface area (Å²) in [6, 6.07) is 24.2. The van der Waals surface area contributed by atoms with Crippen molar-refractivity contribution in [3.63, 3.8) is 0 Å². The monoisotopic (exact) mass is 498 g/mol. The minimum Gasteiger partial charge on any atom is -0.481 e. The van der Waals surface area contributed by atoms with Crippen LogP contribution in [0.15, 0.2) is 72.8 Å². The maximum atomic E-state index is 13.3. The zero-order valence-corrected chi connectivity index (χ0v) is 22.4. The summed E-state index contributed by atoms with van der Waals surface area (Å²) in [6.07, 6.45) is 1.28. The highest BCUT2D eigenvalue weighted by molar-refractivity contribution is 5.81. The standard InChI is InChI=1S/C32H38N2O3/c1-5-29(32(36)33-21-24-11-9-10-23(4)19-24)37-27-15-14-25-16-17-34(30(35)18-22(2)3)31(28(25)20-27)26-12-7-6-8-13-26/h6-15,19-20,22,29,31H,5,16-18,21H2,1-4H3,(H,33,36)/t29-,31+/m1/s1. The van der Waals surface area contributed by atoms with Crippen LogP contribution in [0, 0.1) is 12.8 Å². The Morgan fingerprint density at radius 1 is 1.03 bits per heavy atom. The van der Waals surface area contributed by atoms with Crippen LogP contribution in [0.3, 0.4) is 0 Å². The predicted molar refractivity (Wildman–Crippen MR) is 147 cm³/mol. The number of nitrogens with zero attached hydrogens (tertiary/aromatic N) is 1. The summed E-state index contributed by atoms with van der Waals surface area (Å²) in [5.41, 5.74) is 5.60. The molecule has 3 aromatic rings. The lowest BCUT2D eigenvalue weighted by Crippen LogP contribution is -2.41. The lowest BCUT2D eigenvalue weighted by Gasteiger charge is -2.38. The van der Waals surface area contributed by atoms with Gasteiger partial charge in [0.15, 0.2) is 6.10 Å². The Morgan fingerprint density at radius 2 is 1.81 bits per heavy atom. The number of carbonyl (C=O) groups excluding carboxylic acids is 2. The SMILES string of the molecule is CC[C@@H](Oc1ccc2c(c1)[C@H](c1ccccc1)N(C(=O)CC(C)C)CC2)C(=O)NCc1cccc(C)c1. The predicted octanol–water partition coefficient (Wildman–Crippen LogP) is 5.99. The van der Waals surface area contributed by atoms with Crippen molar-refractivity contribution < 1.29 is 14.3 Å². The Bertz CT molecular complexity index is 1220. The van der Waals surface area contributed by atoms with E-state index in [1.165, 1.54) is 5.56 Å². The number of aryl methyl sites for hydroxylation is 1. The van der Waals surface area contributed by atoms with Gasteiger partial charge in [-0.1, -0.05) is 87.0 Å². The zero-order chi connectivity index (χ0) is 26.4. The number of amides is 2. The molecule has 5 nitrogen and oxygen atoms in total. The lowest BCUT2D eigenvalue weighted by atomic mass is 9.87. The van der Waals surface area contributed by atoms with Crippen molar-refractivity contribution in [1.29, 1.82) is 0 Å². The zero-order valence-electron chi connectivity index (χ0n) is 22.4. The third kappa shape index (κ3) is 6.59. The Labute approximate surface area is 220 Å². The maximum absolute atomic E-state index is 13.3. The molecule has 4 rings (SSSR count). The molecule has 1 aliphatic rings. The van der Waals surface area contributed by atoms with E-state index in [9.17, 15) is 9.59 Å². The van der Waals surface area contributed by atoms with Crippen LogP contribution < -0.4 is 10.1 Å². The molecule has 0 unspecified atom stereocenters. The molecule has 3 aromatic carbocycles. The summed E-state index contributed by atoms with van der Waals surface area (Å²) in [7, 11) is 0. The van der Waals surface area contributed by atoms with Crippen LogP contribution in [0.1, 0.15) is 67.5 Å². The molecule has 0 saturated carbocycles. The van der Waals surface area contributed by atoms with Gasteiger partial charge in [-0.3, -0.25) is 9.59 Å². The largest absolute Gasteiger partial charge is 0.481 e. The highest BCUT2D eigenvalue weighted by atomic mass is 16.5. The van der Waals surface area contributed by atoms with Gasteiger partial charge in [0.1, 0.15) is 5.75 Å². The van der Waals surface area contributed by atoms with Crippen molar-refractivity contribution in [2.24, 2.45) is 5.92 Å². The highest BCUT2D eigenvalue weighted by Crippen LogP contribution is 2.38. The van der Waals surface area contributed by atoms with Gasteiger partial charge in [-0.15, -0.1) is 0 Å². The van der Waals surface area contributed by atoms with E-state index in [1.54, 1.807) is 0 Å². The lowest BCUT2D eigenvalue weighted by molar-refractivity contribution is -0.134. The smallest absolute Gasteiger partial charge is 0.261 e. The van der Waals surface area contributed by atoms with E-state index in [2.05, 4.69) is 43.4 Å². The van der Waals surface area contributed by atoms with Gasteiger partial charge in [0.2, 0.25) is 5.91 Å². The first-order valence-electron chi connectivity index (χ1n) is 13.3. The average molecular weight is 499 g/mol. The van der Waals surface area contributed by atoms with Gasteiger partial charge < -0.3 is 15.0 Å². The first-order chi connectivity index (χ1) is 17.9. The van der Waals surface area contributed by atoms with E-state index in [0.29, 0.717) is 37.6 Å². The van der Waals surface area contributed by atoms with Crippen molar-refractivity contribution in [3.8, 4) is 5.75 Å². The van der Waals surface area contributed by atoms with Gasteiger partial charge in [-0.05, 0) is 60.1 Å². The minimum atomic E-state index is -0.597. The number of rotatable bonds is 9. The normalized spacial score (nSPS) is 15.7. The molecule has 0 aliphatic carbocycles. The molecule has 194 valence electrons. The molecule has 0 bridgehead atoms. The fourth-order valence-corrected chi connectivity index (χ4v) is 5.01. The third-order valence-electron chi connectivity index (χ3n) is 6.85. The van der Waals surface area contributed by atoms with Crippen LogP contribution in [-0.4, -0.2) is 29.4 Å². The van der Waals surface area contributed by atoms with E-state index in [4.69, 9.17) is 4.74 Å². The molecule has 1 aliphatic heterocycles. The number of hydrogen-bond acceptors (Lipinski definition) is 3. The van der Waals surface area contributed by atoms with E-state index < -0.39 is 6.10 Å². The van der Waals surface area contributed by atoms with E-state index in [0.717, 1.165) is 28.7 Å². The molecule has 0 spiro atoms. The van der Waals surface area contributed by atoms with Gasteiger partial charge in [0, 0.05) is 19.5 Å². The summed E-state index contributed by atoms with van der Waals surface area (Å²) in [5, 5.41) is 3.02. The number of benzene rings is 3. The van der Waals surface area contributed by atoms with Gasteiger partial charge in [-0.2, -0.15) is 0 Å². The van der Waals surface area contributed by atoms with E-state index in [-0.39, 0.29) is 17.9 Å². The Balaban J connectivity index is 1.56. The number of fused-ring (bicyclic) bond motifs is 1. The Kier molecular flexibility index (Phi) is 8.65. The summed E-state index contributed by atoms with van der Waals surface area (Å²) < 4.78 is 6.23. The molecule has 5 heteroatoms. The number of hydrogen-bond donors (Lipinski definition) is 1. The molecule has 2 amide bonds. The van der Waals surface area contributed by atoms with Gasteiger partial charge >= 0.3 is 0 Å². The molecule has 0 saturated heterocycles. The first kappa shape index (κ1) is 26.5. The van der Waals surface area contributed by atoms with Gasteiger partial charge in [0.05, 0.1) is 6.04 Å². The van der Waals surface area contributed by atoms with E-state index in [1.807, 2.05) is 67.3 Å².